The summed E-state index contributed by atoms with van der Waals surface area (Å²) < 4.78 is 0. The van der Waals surface area contributed by atoms with Gasteiger partial charge in [0.25, 0.3) is 0 Å². The summed E-state index contributed by atoms with van der Waals surface area (Å²) >= 11 is 0. The average molecular weight is 100 g/mol. The SMILES string of the molecule is C=C[C@@H](C)CCO. The lowest BCUT2D eigenvalue weighted by molar-refractivity contribution is 0.274. The fourth-order valence-corrected chi connectivity index (χ4v) is 0.321. The van der Waals surface area contributed by atoms with Gasteiger partial charge in [0.05, 0.1) is 0 Å². The lowest BCUT2D eigenvalue weighted by Gasteiger charge is -1.97. The van der Waals surface area contributed by atoms with Crippen molar-refractivity contribution in [1.82, 2.24) is 0 Å². The van der Waals surface area contributed by atoms with Gasteiger partial charge in [-0.25, -0.2) is 0 Å². The summed E-state index contributed by atoms with van der Waals surface area (Å²) in [7, 11) is 0. The van der Waals surface area contributed by atoms with E-state index >= 15 is 0 Å². The molecule has 0 radical (unpaired) electrons. The van der Waals surface area contributed by atoms with Crippen molar-refractivity contribution < 1.29 is 5.11 Å². The fraction of sp³-hybridized carbons (Fsp3) is 0.667. The van der Waals surface area contributed by atoms with Gasteiger partial charge in [-0.15, -0.1) is 6.58 Å². The van der Waals surface area contributed by atoms with E-state index in [1.54, 1.807) is 0 Å². The van der Waals surface area contributed by atoms with Crippen LogP contribution in [0, 0.1) is 5.92 Å². The van der Waals surface area contributed by atoms with E-state index < -0.39 is 0 Å². The quantitative estimate of drug-likeness (QED) is 0.528. The molecule has 1 nitrogen and oxygen atoms in total. The van der Waals surface area contributed by atoms with Crippen LogP contribution in [0.15, 0.2) is 12.7 Å². The Morgan fingerprint density at radius 2 is 2.43 bits per heavy atom. The molecule has 0 rings (SSSR count). The number of hydrogen-bond acceptors (Lipinski definition) is 1. The van der Waals surface area contributed by atoms with Crippen molar-refractivity contribution in [2.75, 3.05) is 6.61 Å². The predicted molar refractivity (Wildman–Crippen MR) is 31.1 cm³/mol. The molecule has 0 aliphatic rings. The van der Waals surface area contributed by atoms with E-state index in [0.29, 0.717) is 5.92 Å². The molecule has 0 amide bonds. The molecule has 1 atom stereocenters. The minimum Gasteiger partial charge on any atom is -0.396 e. The van der Waals surface area contributed by atoms with Crippen molar-refractivity contribution in [3.05, 3.63) is 12.7 Å². The van der Waals surface area contributed by atoms with Crippen LogP contribution in [0.25, 0.3) is 0 Å². The summed E-state index contributed by atoms with van der Waals surface area (Å²) in [5.41, 5.74) is 0. The molecule has 0 bridgehead atoms. The molecule has 7 heavy (non-hydrogen) atoms. The first kappa shape index (κ1) is 6.70. The maximum Gasteiger partial charge on any atom is 0.0436 e. The smallest absolute Gasteiger partial charge is 0.0436 e. The molecule has 0 saturated heterocycles. The standard InChI is InChI=1S/C6H12O/c1-3-6(2)4-5-7/h3,6-7H,1,4-5H2,2H3/t6-/m1/s1. The number of hydrogen-bond donors (Lipinski definition) is 1. The molecule has 1 heteroatoms. The molecule has 0 spiro atoms. The highest BCUT2D eigenvalue weighted by Gasteiger charge is 1.90. The molecule has 0 aliphatic heterocycles. The Bertz CT molecular complexity index is 50.1. The van der Waals surface area contributed by atoms with Crippen molar-refractivity contribution in [1.29, 1.82) is 0 Å². The summed E-state index contributed by atoms with van der Waals surface area (Å²) in [6, 6.07) is 0. The fourth-order valence-electron chi connectivity index (χ4n) is 0.321. The summed E-state index contributed by atoms with van der Waals surface area (Å²) in [6.45, 7) is 5.87. The molecule has 0 saturated carbocycles. The molecular formula is C6H12O. The highest BCUT2D eigenvalue weighted by Crippen LogP contribution is 1.98. The first-order valence-electron chi connectivity index (χ1n) is 2.54. The van der Waals surface area contributed by atoms with Crippen LogP contribution in [0.4, 0.5) is 0 Å². The second kappa shape index (κ2) is 3.88. The summed E-state index contributed by atoms with van der Waals surface area (Å²) in [6.07, 6.45) is 2.68. The lowest BCUT2D eigenvalue weighted by atomic mass is 10.1. The van der Waals surface area contributed by atoms with Crippen LogP contribution < -0.4 is 0 Å². The van der Waals surface area contributed by atoms with E-state index in [9.17, 15) is 0 Å². The van der Waals surface area contributed by atoms with Gasteiger partial charge in [-0.1, -0.05) is 13.0 Å². The van der Waals surface area contributed by atoms with Crippen molar-refractivity contribution in [2.45, 2.75) is 13.3 Å². The molecule has 0 aromatic heterocycles. The molecule has 0 aliphatic carbocycles. The Balaban J connectivity index is 2.98. The number of allylic oxidation sites excluding steroid dienone is 1. The second-order valence-corrected chi connectivity index (χ2v) is 1.73. The summed E-state index contributed by atoms with van der Waals surface area (Å²) in [4.78, 5) is 0. The topological polar surface area (TPSA) is 20.2 Å². The van der Waals surface area contributed by atoms with Crippen molar-refractivity contribution in [3.63, 3.8) is 0 Å². The van der Waals surface area contributed by atoms with Crippen LogP contribution in [-0.2, 0) is 0 Å². The molecule has 0 unspecified atom stereocenters. The Kier molecular flexibility index (Phi) is 3.71. The van der Waals surface area contributed by atoms with Gasteiger partial charge in [0.2, 0.25) is 0 Å². The zero-order valence-electron chi connectivity index (χ0n) is 4.72. The van der Waals surface area contributed by atoms with Gasteiger partial charge in [-0.05, 0) is 12.3 Å². The van der Waals surface area contributed by atoms with Gasteiger partial charge in [-0.3, -0.25) is 0 Å². The van der Waals surface area contributed by atoms with Crippen LogP contribution in [0.1, 0.15) is 13.3 Å². The zero-order valence-corrected chi connectivity index (χ0v) is 4.72. The van der Waals surface area contributed by atoms with Gasteiger partial charge in [0.15, 0.2) is 0 Å². The maximum atomic E-state index is 8.32. The molecule has 42 valence electrons. The minimum absolute atomic E-state index is 0.271. The van der Waals surface area contributed by atoms with Gasteiger partial charge < -0.3 is 5.11 Å². The first-order chi connectivity index (χ1) is 3.31. The second-order valence-electron chi connectivity index (χ2n) is 1.73. The highest BCUT2D eigenvalue weighted by molar-refractivity contribution is 4.73. The normalized spacial score (nSPS) is 13.4. The molecule has 0 aromatic carbocycles. The van der Waals surface area contributed by atoms with E-state index in [-0.39, 0.29) is 6.61 Å². The van der Waals surface area contributed by atoms with Crippen LogP contribution in [-0.4, -0.2) is 11.7 Å². The summed E-state index contributed by atoms with van der Waals surface area (Å²) in [5.74, 6) is 0.463. The number of aliphatic hydroxyl groups excluding tert-OH is 1. The monoisotopic (exact) mass is 100 g/mol. The third kappa shape index (κ3) is 3.53. The highest BCUT2D eigenvalue weighted by atomic mass is 16.2. The van der Waals surface area contributed by atoms with E-state index in [1.165, 1.54) is 0 Å². The van der Waals surface area contributed by atoms with E-state index in [1.807, 2.05) is 13.0 Å². The lowest BCUT2D eigenvalue weighted by Crippen LogP contribution is -1.91. The van der Waals surface area contributed by atoms with E-state index in [0.717, 1.165) is 6.42 Å². The zero-order chi connectivity index (χ0) is 5.70. The van der Waals surface area contributed by atoms with Gasteiger partial charge in [-0.2, -0.15) is 0 Å². The van der Waals surface area contributed by atoms with Crippen molar-refractivity contribution in [3.8, 4) is 0 Å². The van der Waals surface area contributed by atoms with Crippen LogP contribution in [0.5, 0.6) is 0 Å². The number of rotatable bonds is 3. The van der Waals surface area contributed by atoms with Crippen LogP contribution >= 0.6 is 0 Å². The Morgan fingerprint density at radius 1 is 1.86 bits per heavy atom. The molecule has 0 fully saturated rings. The van der Waals surface area contributed by atoms with E-state index in [2.05, 4.69) is 6.58 Å². The van der Waals surface area contributed by atoms with Crippen molar-refractivity contribution in [2.24, 2.45) is 5.92 Å². The van der Waals surface area contributed by atoms with Gasteiger partial charge in [0, 0.05) is 6.61 Å². The van der Waals surface area contributed by atoms with Crippen molar-refractivity contribution >= 4 is 0 Å². The van der Waals surface area contributed by atoms with E-state index in [4.69, 9.17) is 5.11 Å². The Morgan fingerprint density at radius 3 is 2.57 bits per heavy atom. The molecule has 0 aromatic rings. The Labute approximate surface area is 44.7 Å². The number of aliphatic hydroxyl groups is 1. The molecule has 1 N–H and O–H groups in total. The Hall–Kier alpha value is -0.300. The summed E-state index contributed by atoms with van der Waals surface area (Å²) in [5, 5.41) is 8.32. The largest absolute Gasteiger partial charge is 0.396 e. The maximum absolute atomic E-state index is 8.32. The van der Waals surface area contributed by atoms with Gasteiger partial charge >= 0.3 is 0 Å². The third-order valence-electron chi connectivity index (χ3n) is 0.987. The average Bonchev–Trinajstić information content (AvgIpc) is 1.68. The van der Waals surface area contributed by atoms with Crippen LogP contribution in [0.3, 0.4) is 0 Å². The van der Waals surface area contributed by atoms with Crippen LogP contribution in [0.2, 0.25) is 0 Å². The third-order valence-corrected chi connectivity index (χ3v) is 0.987. The molecular weight excluding hydrogens is 88.1 g/mol. The molecule has 0 heterocycles. The first-order valence-corrected chi connectivity index (χ1v) is 2.54. The predicted octanol–water partition coefficient (Wildman–Crippen LogP) is 1.19. The minimum atomic E-state index is 0.271. The van der Waals surface area contributed by atoms with Gasteiger partial charge in [0.1, 0.15) is 0 Å².